The summed E-state index contributed by atoms with van der Waals surface area (Å²) in [6.45, 7) is 0.266. The first-order chi connectivity index (χ1) is 14.2. The highest BCUT2D eigenvalue weighted by molar-refractivity contribution is 7.99. The fraction of sp³-hybridized carbons (Fsp3) is 0.0952. The quantitative estimate of drug-likeness (QED) is 0.448. The number of fused-ring (bicyclic) bond motifs is 1. The van der Waals surface area contributed by atoms with Crippen LogP contribution in [0.3, 0.4) is 0 Å². The Balaban J connectivity index is 1.37. The summed E-state index contributed by atoms with van der Waals surface area (Å²) < 4.78 is 10.8. The Hall–Kier alpha value is -3.52. The van der Waals surface area contributed by atoms with Crippen molar-refractivity contribution in [3.8, 4) is 0 Å². The number of carbonyl (C=O) groups excluding carboxylic acids is 2. The molecule has 2 amide bonds. The molecular weight excluding hydrogens is 390 g/mol. The van der Waals surface area contributed by atoms with Gasteiger partial charge >= 0.3 is 0 Å². The summed E-state index contributed by atoms with van der Waals surface area (Å²) in [6, 6.07) is 17.8. The lowest BCUT2D eigenvalue weighted by atomic mass is 10.1. The molecular formula is C21H17N3O4S. The van der Waals surface area contributed by atoms with Crippen molar-refractivity contribution >= 4 is 40.4 Å². The lowest BCUT2D eigenvalue weighted by molar-refractivity contribution is -0.113. The van der Waals surface area contributed by atoms with Crippen LogP contribution in [0.4, 0.5) is 5.69 Å². The van der Waals surface area contributed by atoms with Crippen molar-refractivity contribution in [3.05, 3.63) is 78.3 Å². The predicted octanol–water partition coefficient (Wildman–Crippen LogP) is 4.08. The smallest absolute Gasteiger partial charge is 0.257 e. The van der Waals surface area contributed by atoms with E-state index in [9.17, 15) is 9.59 Å². The van der Waals surface area contributed by atoms with Gasteiger partial charge in [0, 0.05) is 0 Å². The number of aromatic nitrogens is 1. The zero-order valence-electron chi connectivity index (χ0n) is 15.3. The fourth-order valence-corrected chi connectivity index (χ4v) is 3.33. The number of amides is 2. The zero-order chi connectivity index (χ0) is 20.1. The molecule has 0 atom stereocenters. The van der Waals surface area contributed by atoms with Gasteiger partial charge in [0.05, 0.1) is 29.8 Å². The predicted molar refractivity (Wildman–Crippen MR) is 110 cm³/mol. The number of nitrogens with zero attached hydrogens (tertiary/aromatic N) is 1. The molecule has 0 aliphatic rings. The summed E-state index contributed by atoms with van der Waals surface area (Å²) in [6.07, 6.45) is 1.55. The van der Waals surface area contributed by atoms with Crippen LogP contribution in [0.5, 0.6) is 0 Å². The molecule has 2 aromatic heterocycles. The molecule has 0 radical (unpaired) electrons. The Kier molecular flexibility index (Phi) is 5.62. The maximum absolute atomic E-state index is 12.5. The van der Waals surface area contributed by atoms with Gasteiger partial charge in [-0.1, -0.05) is 36.0 Å². The molecule has 146 valence electrons. The second kappa shape index (κ2) is 8.66. The normalized spacial score (nSPS) is 10.8. The van der Waals surface area contributed by atoms with Crippen LogP contribution in [-0.4, -0.2) is 22.6 Å². The Morgan fingerprint density at radius 2 is 1.83 bits per heavy atom. The highest BCUT2D eigenvalue weighted by Gasteiger charge is 2.14. The Morgan fingerprint density at radius 3 is 2.66 bits per heavy atom. The van der Waals surface area contributed by atoms with Gasteiger partial charge in [0.25, 0.3) is 11.1 Å². The van der Waals surface area contributed by atoms with Crippen LogP contribution in [0.25, 0.3) is 11.1 Å². The molecule has 2 N–H and O–H groups in total. The monoisotopic (exact) mass is 407 g/mol. The van der Waals surface area contributed by atoms with Gasteiger partial charge in [0.1, 0.15) is 11.3 Å². The number of oxazole rings is 1. The minimum atomic E-state index is -0.302. The third-order valence-corrected chi connectivity index (χ3v) is 4.88. The molecule has 8 heteroatoms. The molecule has 0 aliphatic carbocycles. The van der Waals surface area contributed by atoms with E-state index in [4.69, 9.17) is 8.83 Å². The molecule has 7 nitrogen and oxygen atoms in total. The molecule has 0 saturated heterocycles. The van der Waals surface area contributed by atoms with Gasteiger partial charge in [-0.05, 0) is 36.4 Å². The highest BCUT2D eigenvalue weighted by Crippen LogP contribution is 2.23. The lowest BCUT2D eigenvalue weighted by Gasteiger charge is -2.10. The summed E-state index contributed by atoms with van der Waals surface area (Å²) in [5.74, 6) is 0.192. The summed E-state index contributed by atoms with van der Waals surface area (Å²) >= 11 is 1.19. The maximum Gasteiger partial charge on any atom is 0.257 e. The topological polar surface area (TPSA) is 97.4 Å². The van der Waals surface area contributed by atoms with Crippen LogP contribution < -0.4 is 10.6 Å². The van der Waals surface area contributed by atoms with E-state index in [2.05, 4.69) is 15.6 Å². The van der Waals surface area contributed by atoms with E-state index in [0.29, 0.717) is 27.8 Å². The van der Waals surface area contributed by atoms with E-state index >= 15 is 0 Å². The average molecular weight is 407 g/mol. The van der Waals surface area contributed by atoms with E-state index in [0.717, 1.165) is 5.52 Å². The van der Waals surface area contributed by atoms with E-state index in [-0.39, 0.29) is 24.1 Å². The molecule has 4 rings (SSSR count). The first-order valence-electron chi connectivity index (χ1n) is 8.87. The van der Waals surface area contributed by atoms with Crippen LogP contribution in [0.2, 0.25) is 0 Å². The molecule has 29 heavy (non-hydrogen) atoms. The van der Waals surface area contributed by atoms with Gasteiger partial charge < -0.3 is 19.5 Å². The molecule has 0 aliphatic heterocycles. The van der Waals surface area contributed by atoms with Crippen LogP contribution >= 0.6 is 11.8 Å². The van der Waals surface area contributed by atoms with Gasteiger partial charge in [-0.2, -0.15) is 0 Å². The van der Waals surface area contributed by atoms with E-state index in [1.165, 1.54) is 11.8 Å². The maximum atomic E-state index is 12.5. The minimum absolute atomic E-state index is 0.106. The molecule has 0 bridgehead atoms. The van der Waals surface area contributed by atoms with Crippen LogP contribution in [0.1, 0.15) is 16.1 Å². The number of furan rings is 1. The standard InChI is InChI=1S/C21H17N3O4S/c25-19(13-29-21-24-17-9-3-4-10-18(17)28-21)23-16-8-2-1-7-15(16)20(26)22-12-14-6-5-11-27-14/h1-11H,12-13H2,(H,22,26)(H,23,25). The van der Waals surface area contributed by atoms with Crippen molar-refractivity contribution in [2.24, 2.45) is 0 Å². The molecule has 0 spiro atoms. The zero-order valence-corrected chi connectivity index (χ0v) is 16.1. The molecule has 0 saturated carbocycles. The highest BCUT2D eigenvalue weighted by atomic mass is 32.2. The van der Waals surface area contributed by atoms with Crippen molar-refractivity contribution in [3.63, 3.8) is 0 Å². The third kappa shape index (κ3) is 4.67. The van der Waals surface area contributed by atoms with E-state index in [1.807, 2.05) is 24.3 Å². The third-order valence-electron chi connectivity index (χ3n) is 4.05. The number of hydrogen-bond donors (Lipinski definition) is 2. The van der Waals surface area contributed by atoms with Crippen molar-refractivity contribution in [1.82, 2.24) is 10.3 Å². The van der Waals surface area contributed by atoms with Crippen LogP contribution in [0.15, 0.2) is 81.0 Å². The minimum Gasteiger partial charge on any atom is -0.467 e. The van der Waals surface area contributed by atoms with Crippen LogP contribution in [-0.2, 0) is 11.3 Å². The summed E-state index contributed by atoms with van der Waals surface area (Å²) in [4.78, 5) is 29.2. The second-order valence-electron chi connectivity index (χ2n) is 6.09. The molecule has 0 unspecified atom stereocenters. The number of anilines is 1. The van der Waals surface area contributed by atoms with Gasteiger partial charge in [0.15, 0.2) is 5.58 Å². The molecule has 2 heterocycles. The van der Waals surface area contributed by atoms with Gasteiger partial charge in [-0.25, -0.2) is 4.98 Å². The number of para-hydroxylation sites is 3. The molecule has 0 fully saturated rings. The van der Waals surface area contributed by atoms with E-state index < -0.39 is 0 Å². The number of hydrogen-bond acceptors (Lipinski definition) is 6. The van der Waals surface area contributed by atoms with Gasteiger partial charge in [0.2, 0.25) is 5.91 Å². The number of rotatable bonds is 7. The largest absolute Gasteiger partial charge is 0.467 e. The fourth-order valence-electron chi connectivity index (χ4n) is 2.69. The van der Waals surface area contributed by atoms with Crippen molar-refractivity contribution in [2.45, 2.75) is 11.8 Å². The number of thioether (sulfide) groups is 1. The number of benzene rings is 2. The van der Waals surface area contributed by atoms with E-state index in [1.54, 1.807) is 42.7 Å². The van der Waals surface area contributed by atoms with Crippen molar-refractivity contribution in [2.75, 3.05) is 11.1 Å². The second-order valence-corrected chi connectivity index (χ2v) is 7.02. The SMILES string of the molecule is O=C(CSc1nc2ccccc2o1)Nc1ccccc1C(=O)NCc1ccco1. The number of nitrogens with one attached hydrogen (secondary N) is 2. The van der Waals surface area contributed by atoms with Crippen molar-refractivity contribution in [1.29, 1.82) is 0 Å². The number of carbonyl (C=O) groups is 2. The van der Waals surface area contributed by atoms with Crippen molar-refractivity contribution < 1.29 is 18.4 Å². The van der Waals surface area contributed by atoms with Crippen LogP contribution in [0, 0.1) is 0 Å². The average Bonchev–Trinajstić information content (AvgIpc) is 3.40. The summed E-state index contributed by atoms with van der Waals surface area (Å²) in [7, 11) is 0. The Bertz CT molecular complexity index is 1100. The molecule has 2 aromatic carbocycles. The lowest BCUT2D eigenvalue weighted by Crippen LogP contribution is -2.25. The Labute approximate surface area is 170 Å². The first-order valence-corrected chi connectivity index (χ1v) is 9.85. The first kappa shape index (κ1) is 18.8. The summed E-state index contributed by atoms with van der Waals surface area (Å²) in [5, 5.41) is 5.97. The summed E-state index contributed by atoms with van der Waals surface area (Å²) in [5.41, 5.74) is 2.23. The Morgan fingerprint density at radius 1 is 1.00 bits per heavy atom. The van der Waals surface area contributed by atoms with Gasteiger partial charge in [-0.15, -0.1) is 0 Å². The molecule has 4 aromatic rings. The van der Waals surface area contributed by atoms with Gasteiger partial charge in [-0.3, -0.25) is 9.59 Å².